The van der Waals surface area contributed by atoms with E-state index in [9.17, 15) is 14.4 Å². The second-order valence-corrected chi connectivity index (χ2v) is 5.33. The van der Waals surface area contributed by atoms with E-state index in [4.69, 9.17) is 10.00 Å². The number of aryl methyl sites for hydroxylation is 1. The summed E-state index contributed by atoms with van der Waals surface area (Å²) in [5.41, 5.74) is 0.172. The highest BCUT2D eigenvalue weighted by molar-refractivity contribution is 8.05. The Balaban J connectivity index is 2.67. The molecule has 0 saturated carbocycles. The number of ketones is 1. The van der Waals surface area contributed by atoms with Gasteiger partial charge in [-0.25, -0.2) is 4.79 Å². The molecule has 0 amide bonds. The Hall–Kier alpha value is -2.01. The normalized spacial score (nSPS) is 11.7. The minimum atomic E-state index is -0.616. The third-order valence-corrected chi connectivity index (χ3v) is 3.64. The molecule has 1 unspecified atom stereocenters. The van der Waals surface area contributed by atoms with Gasteiger partial charge in [-0.15, -0.1) is 0 Å². The van der Waals surface area contributed by atoms with E-state index >= 15 is 0 Å². The SMILES string of the molecule is CCOC(=O)CCCC(SC#N)C(=O)c1[nH]c(=O)[nH]c1C. The zero-order valence-electron chi connectivity index (χ0n) is 11.9. The van der Waals surface area contributed by atoms with Crippen LogP contribution in [0.5, 0.6) is 0 Å². The molecule has 1 heterocycles. The summed E-state index contributed by atoms with van der Waals surface area (Å²) >= 11 is 0.830. The summed E-state index contributed by atoms with van der Waals surface area (Å²) < 4.78 is 4.80. The van der Waals surface area contributed by atoms with Crippen LogP contribution in [-0.2, 0) is 9.53 Å². The van der Waals surface area contributed by atoms with Gasteiger partial charge < -0.3 is 14.7 Å². The fourth-order valence-electron chi connectivity index (χ4n) is 1.85. The van der Waals surface area contributed by atoms with Crippen LogP contribution in [0.4, 0.5) is 0 Å². The Morgan fingerprint density at radius 1 is 1.43 bits per heavy atom. The van der Waals surface area contributed by atoms with Crippen LogP contribution in [0.25, 0.3) is 0 Å². The van der Waals surface area contributed by atoms with Crippen molar-refractivity contribution in [2.24, 2.45) is 0 Å². The predicted molar refractivity (Wildman–Crippen MR) is 78.0 cm³/mol. The first kappa shape index (κ1) is 17.0. The average molecular weight is 311 g/mol. The lowest BCUT2D eigenvalue weighted by atomic mass is 10.1. The third-order valence-electron chi connectivity index (χ3n) is 2.80. The maximum atomic E-state index is 12.3. The third kappa shape index (κ3) is 5.11. The molecule has 7 nitrogen and oxygen atoms in total. The summed E-state index contributed by atoms with van der Waals surface area (Å²) in [6.07, 6.45) is 1.01. The number of esters is 1. The number of thioether (sulfide) groups is 1. The molecular weight excluding hydrogens is 294 g/mol. The van der Waals surface area contributed by atoms with E-state index in [1.54, 1.807) is 13.8 Å². The number of rotatable bonds is 8. The Bertz CT molecular complexity index is 599. The minimum absolute atomic E-state index is 0.184. The molecular formula is C13H17N3O4S. The summed E-state index contributed by atoms with van der Waals surface area (Å²) in [6, 6.07) is 0. The highest BCUT2D eigenvalue weighted by Crippen LogP contribution is 2.21. The zero-order chi connectivity index (χ0) is 15.8. The van der Waals surface area contributed by atoms with Gasteiger partial charge in [0.1, 0.15) is 11.1 Å². The van der Waals surface area contributed by atoms with E-state index in [1.807, 2.05) is 5.40 Å². The van der Waals surface area contributed by atoms with Crippen LogP contribution < -0.4 is 5.69 Å². The number of imidazole rings is 1. The van der Waals surface area contributed by atoms with Gasteiger partial charge in [-0.1, -0.05) is 0 Å². The summed E-state index contributed by atoms with van der Waals surface area (Å²) in [5.74, 6) is -0.641. The van der Waals surface area contributed by atoms with Crippen LogP contribution in [0.1, 0.15) is 42.4 Å². The van der Waals surface area contributed by atoms with Crippen molar-refractivity contribution in [3.05, 3.63) is 21.9 Å². The number of hydrogen-bond acceptors (Lipinski definition) is 6. The van der Waals surface area contributed by atoms with Gasteiger partial charge in [0, 0.05) is 12.1 Å². The Morgan fingerprint density at radius 3 is 2.67 bits per heavy atom. The molecule has 0 saturated heterocycles. The number of aromatic amines is 2. The van der Waals surface area contributed by atoms with Crippen molar-refractivity contribution in [1.82, 2.24) is 9.97 Å². The largest absolute Gasteiger partial charge is 0.466 e. The monoisotopic (exact) mass is 311 g/mol. The molecule has 0 spiro atoms. The number of carbonyl (C=O) groups is 2. The van der Waals surface area contributed by atoms with Crippen LogP contribution in [0.3, 0.4) is 0 Å². The molecule has 0 aromatic carbocycles. The number of carbonyl (C=O) groups excluding carboxylic acids is 2. The summed E-state index contributed by atoms with van der Waals surface area (Å²) in [5, 5.41) is 10.1. The molecule has 8 heteroatoms. The number of hydrogen-bond donors (Lipinski definition) is 2. The van der Waals surface area contributed by atoms with Gasteiger partial charge in [-0.3, -0.25) is 9.59 Å². The van der Waals surface area contributed by atoms with Gasteiger partial charge in [0.2, 0.25) is 0 Å². The van der Waals surface area contributed by atoms with Gasteiger partial charge in [0.05, 0.1) is 11.9 Å². The number of H-pyrrole nitrogens is 2. The minimum Gasteiger partial charge on any atom is -0.466 e. The fraction of sp³-hybridized carbons (Fsp3) is 0.538. The van der Waals surface area contributed by atoms with Gasteiger partial charge in [0.25, 0.3) is 0 Å². The van der Waals surface area contributed by atoms with Crippen LogP contribution >= 0.6 is 11.8 Å². The molecule has 1 aromatic rings. The molecule has 21 heavy (non-hydrogen) atoms. The van der Waals surface area contributed by atoms with Gasteiger partial charge in [0.15, 0.2) is 5.78 Å². The second kappa shape index (κ2) is 8.32. The molecule has 1 rings (SSSR count). The number of thiocyanates is 1. The van der Waals surface area contributed by atoms with Crippen molar-refractivity contribution in [2.75, 3.05) is 6.61 Å². The molecule has 0 fully saturated rings. The molecule has 114 valence electrons. The lowest BCUT2D eigenvalue weighted by molar-refractivity contribution is -0.143. The molecule has 0 aliphatic rings. The Kier molecular flexibility index (Phi) is 6.75. The van der Waals surface area contributed by atoms with Crippen LogP contribution in [0.15, 0.2) is 4.79 Å². The van der Waals surface area contributed by atoms with E-state index in [2.05, 4.69) is 9.97 Å². The summed E-state index contributed by atoms with van der Waals surface area (Å²) in [7, 11) is 0. The first-order valence-electron chi connectivity index (χ1n) is 6.53. The first-order chi connectivity index (χ1) is 9.99. The molecule has 1 atom stereocenters. The van der Waals surface area contributed by atoms with Gasteiger partial charge in [-0.2, -0.15) is 5.26 Å². The van der Waals surface area contributed by atoms with Crippen LogP contribution in [0.2, 0.25) is 0 Å². The van der Waals surface area contributed by atoms with Crippen LogP contribution in [0, 0.1) is 17.6 Å². The lowest BCUT2D eigenvalue weighted by Gasteiger charge is -2.10. The van der Waals surface area contributed by atoms with E-state index in [-0.39, 0.29) is 23.9 Å². The smallest absolute Gasteiger partial charge is 0.323 e. The van der Waals surface area contributed by atoms with Crippen molar-refractivity contribution in [3.8, 4) is 5.40 Å². The number of nitriles is 1. The predicted octanol–water partition coefficient (Wildman–Crippen LogP) is 1.51. The number of Topliss-reactive ketones (excluding diaryl/α,β-unsaturated/α-hetero) is 1. The number of ether oxygens (including phenoxy) is 1. The zero-order valence-corrected chi connectivity index (χ0v) is 12.7. The van der Waals surface area contributed by atoms with Crippen molar-refractivity contribution < 1.29 is 14.3 Å². The molecule has 0 aliphatic carbocycles. The van der Waals surface area contributed by atoms with Gasteiger partial charge >= 0.3 is 11.7 Å². The summed E-state index contributed by atoms with van der Waals surface area (Å²) in [4.78, 5) is 39.6. The van der Waals surface area contributed by atoms with E-state index in [1.165, 1.54) is 0 Å². The van der Waals surface area contributed by atoms with Gasteiger partial charge in [-0.05, 0) is 38.5 Å². The molecule has 1 aromatic heterocycles. The number of nitrogens with one attached hydrogen (secondary N) is 2. The Labute approximate surface area is 126 Å². The quantitative estimate of drug-likeness (QED) is 0.427. The molecule has 2 N–H and O–H groups in total. The maximum absolute atomic E-state index is 12.3. The lowest BCUT2D eigenvalue weighted by Crippen LogP contribution is -2.19. The second-order valence-electron chi connectivity index (χ2n) is 4.34. The average Bonchev–Trinajstić information content (AvgIpc) is 2.76. The van der Waals surface area contributed by atoms with Crippen molar-refractivity contribution in [1.29, 1.82) is 5.26 Å². The highest BCUT2D eigenvalue weighted by Gasteiger charge is 2.24. The molecule has 0 radical (unpaired) electrons. The topological polar surface area (TPSA) is 116 Å². The maximum Gasteiger partial charge on any atom is 0.323 e. The van der Waals surface area contributed by atoms with Crippen molar-refractivity contribution in [3.63, 3.8) is 0 Å². The fourth-order valence-corrected chi connectivity index (χ4v) is 2.49. The van der Waals surface area contributed by atoms with E-state index < -0.39 is 10.9 Å². The molecule has 0 bridgehead atoms. The van der Waals surface area contributed by atoms with Crippen LogP contribution in [-0.4, -0.2) is 33.6 Å². The Morgan fingerprint density at radius 2 is 2.14 bits per heavy atom. The molecule has 0 aliphatic heterocycles. The van der Waals surface area contributed by atoms with Crippen molar-refractivity contribution in [2.45, 2.75) is 38.4 Å². The van der Waals surface area contributed by atoms with Crippen molar-refractivity contribution >= 4 is 23.5 Å². The number of nitrogens with zero attached hydrogens (tertiary/aromatic N) is 1. The highest BCUT2D eigenvalue weighted by atomic mass is 32.2. The first-order valence-corrected chi connectivity index (χ1v) is 7.41. The standard InChI is InChI=1S/C13H17N3O4S/c1-3-20-10(17)6-4-5-9(21-7-14)12(18)11-8(2)15-13(19)16-11/h9H,3-6H2,1-2H3,(H2,15,16,19). The summed E-state index contributed by atoms with van der Waals surface area (Å²) in [6.45, 7) is 3.65. The van der Waals surface area contributed by atoms with E-state index in [0.29, 0.717) is 25.1 Å². The van der Waals surface area contributed by atoms with E-state index in [0.717, 1.165) is 11.8 Å². The number of aromatic nitrogens is 2.